The molecule has 1 atom stereocenters. The molecule has 1 unspecified atom stereocenters. The molecule has 0 radical (unpaired) electrons. The molecule has 0 heterocycles. The normalized spacial score (nSPS) is 12.3. The maximum atomic E-state index is 9.75. The van der Waals surface area contributed by atoms with Crippen LogP contribution in [0, 0.1) is 0 Å². The van der Waals surface area contributed by atoms with Crippen LogP contribution in [0.1, 0.15) is 6.42 Å². The van der Waals surface area contributed by atoms with Crippen molar-refractivity contribution in [2.75, 3.05) is 37.8 Å². The first kappa shape index (κ1) is 17.6. The topological polar surface area (TPSA) is 61.7 Å². The van der Waals surface area contributed by atoms with Gasteiger partial charge in [-0.1, -0.05) is 11.6 Å². The van der Waals surface area contributed by atoms with Crippen molar-refractivity contribution in [1.29, 1.82) is 0 Å². The Labute approximate surface area is 129 Å². The van der Waals surface area contributed by atoms with Gasteiger partial charge in [-0.2, -0.15) is 11.8 Å². The van der Waals surface area contributed by atoms with E-state index in [1.807, 2.05) is 0 Å². The number of ether oxygens (including phenoxy) is 1. The second kappa shape index (κ2) is 11.2. The van der Waals surface area contributed by atoms with Crippen LogP contribution in [0.2, 0.25) is 5.02 Å². The molecule has 6 heteroatoms. The van der Waals surface area contributed by atoms with E-state index in [1.165, 1.54) is 0 Å². The predicted molar refractivity (Wildman–Crippen MR) is 84.9 cm³/mol. The maximum Gasteiger partial charge on any atom is 0.119 e. The van der Waals surface area contributed by atoms with Gasteiger partial charge >= 0.3 is 0 Å². The van der Waals surface area contributed by atoms with Crippen molar-refractivity contribution in [3.63, 3.8) is 0 Å². The molecule has 1 rings (SSSR count). The summed E-state index contributed by atoms with van der Waals surface area (Å²) in [6, 6.07) is 7.07. The zero-order valence-corrected chi connectivity index (χ0v) is 13.0. The third kappa shape index (κ3) is 8.66. The number of benzene rings is 1. The van der Waals surface area contributed by atoms with Crippen LogP contribution in [-0.4, -0.2) is 54.1 Å². The van der Waals surface area contributed by atoms with Gasteiger partial charge in [0.25, 0.3) is 0 Å². The van der Waals surface area contributed by atoms with E-state index in [0.717, 1.165) is 24.5 Å². The molecule has 1 aromatic rings. The monoisotopic (exact) mass is 319 g/mol. The third-order valence-corrected chi connectivity index (χ3v) is 3.83. The largest absolute Gasteiger partial charge is 0.491 e. The minimum atomic E-state index is -0.534. The molecule has 0 fully saturated rings. The zero-order valence-electron chi connectivity index (χ0n) is 11.4. The Bertz CT molecular complexity index is 351. The van der Waals surface area contributed by atoms with E-state index in [9.17, 15) is 5.11 Å². The molecule has 0 aliphatic carbocycles. The number of rotatable bonds is 11. The third-order valence-electron chi connectivity index (χ3n) is 2.51. The van der Waals surface area contributed by atoms with E-state index in [1.54, 1.807) is 36.0 Å². The summed E-state index contributed by atoms with van der Waals surface area (Å²) in [6.45, 7) is 1.86. The number of aliphatic hydroxyl groups excluding tert-OH is 2. The Morgan fingerprint density at radius 1 is 1.25 bits per heavy atom. The van der Waals surface area contributed by atoms with Gasteiger partial charge in [-0.05, 0) is 36.4 Å². The molecule has 3 N–H and O–H groups in total. The molecule has 0 amide bonds. The maximum absolute atomic E-state index is 9.75. The standard InChI is InChI=1S/C14H22ClNO3S/c15-12-2-4-14(5-3-12)19-11-13(18)10-16-6-9-20-8-1-7-17/h2-5,13,16-18H,1,6-11H2. The average molecular weight is 320 g/mol. The molecule has 4 nitrogen and oxygen atoms in total. The van der Waals surface area contributed by atoms with Crippen LogP contribution < -0.4 is 10.1 Å². The number of hydrogen-bond acceptors (Lipinski definition) is 5. The molecular formula is C14H22ClNO3S. The summed E-state index contributed by atoms with van der Waals surface area (Å²) in [6.07, 6.45) is 0.301. The van der Waals surface area contributed by atoms with Gasteiger partial charge in [0.15, 0.2) is 0 Å². The zero-order chi connectivity index (χ0) is 14.6. The average Bonchev–Trinajstić information content (AvgIpc) is 2.46. The van der Waals surface area contributed by atoms with Gasteiger partial charge in [0.1, 0.15) is 18.5 Å². The lowest BCUT2D eigenvalue weighted by Crippen LogP contribution is -2.32. The number of hydrogen-bond donors (Lipinski definition) is 3. The van der Waals surface area contributed by atoms with Crippen LogP contribution in [0.5, 0.6) is 5.75 Å². The number of halogens is 1. The summed E-state index contributed by atoms with van der Waals surface area (Å²) < 4.78 is 5.45. The van der Waals surface area contributed by atoms with Crippen molar-refractivity contribution in [2.45, 2.75) is 12.5 Å². The fourth-order valence-corrected chi connectivity index (χ4v) is 2.42. The van der Waals surface area contributed by atoms with Gasteiger partial charge in [-0.15, -0.1) is 0 Å². The van der Waals surface area contributed by atoms with E-state index in [2.05, 4.69) is 5.32 Å². The Kier molecular flexibility index (Phi) is 9.87. The number of aliphatic hydroxyl groups is 2. The summed E-state index contributed by atoms with van der Waals surface area (Å²) in [4.78, 5) is 0. The van der Waals surface area contributed by atoms with Gasteiger partial charge in [0, 0.05) is 30.5 Å². The molecule has 114 valence electrons. The van der Waals surface area contributed by atoms with E-state index in [4.69, 9.17) is 21.4 Å². The van der Waals surface area contributed by atoms with Crippen molar-refractivity contribution in [2.24, 2.45) is 0 Å². The summed E-state index contributed by atoms with van der Waals surface area (Å²) in [5.74, 6) is 2.65. The first-order valence-electron chi connectivity index (χ1n) is 6.68. The van der Waals surface area contributed by atoms with Gasteiger partial charge in [-0.25, -0.2) is 0 Å². The van der Waals surface area contributed by atoms with Crippen molar-refractivity contribution >= 4 is 23.4 Å². The van der Waals surface area contributed by atoms with Gasteiger partial charge in [-0.3, -0.25) is 0 Å². The predicted octanol–water partition coefficient (Wildman–Crippen LogP) is 1.78. The second-order valence-corrected chi connectivity index (χ2v) is 5.97. The number of thioether (sulfide) groups is 1. The lowest BCUT2D eigenvalue weighted by molar-refractivity contribution is 0.107. The lowest BCUT2D eigenvalue weighted by Gasteiger charge is -2.13. The van der Waals surface area contributed by atoms with E-state index < -0.39 is 6.10 Å². The van der Waals surface area contributed by atoms with Crippen molar-refractivity contribution in [3.8, 4) is 5.75 Å². The van der Waals surface area contributed by atoms with Crippen LogP contribution in [-0.2, 0) is 0 Å². The number of nitrogens with one attached hydrogen (secondary N) is 1. The minimum absolute atomic E-state index is 0.251. The van der Waals surface area contributed by atoms with Crippen molar-refractivity contribution < 1.29 is 14.9 Å². The Hall–Kier alpha value is -0.460. The van der Waals surface area contributed by atoms with E-state index in [-0.39, 0.29) is 13.2 Å². The Morgan fingerprint density at radius 2 is 2.00 bits per heavy atom. The first-order valence-corrected chi connectivity index (χ1v) is 8.21. The molecule has 0 saturated heterocycles. The highest BCUT2D eigenvalue weighted by Gasteiger charge is 2.04. The molecule has 0 spiro atoms. The highest BCUT2D eigenvalue weighted by Crippen LogP contribution is 2.15. The highest BCUT2D eigenvalue weighted by atomic mass is 35.5. The van der Waals surface area contributed by atoms with E-state index >= 15 is 0 Å². The molecule has 0 aromatic heterocycles. The molecule has 0 saturated carbocycles. The SMILES string of the molecule is OCCCSCCNCC(O)COc1ccc(Cl)cc1. The molecule has 0 aliphatic rings. The summed E-state index contributed by atoms with van der Waals surface area (Å²) in [5.41, 5.74) is 0. The van der Waals surface area contributed by atoms with Crippen LogP contribution in [0.3, 0.4) is 0 Å². The first-order chi connectivity index (χ1) is 9.72. The van der Waals surface area contributed by atoms with Gasteiger partial charge in [0.05, 0.1) is 0 Å². The highest BCUT2D eigenvalue weighted by molar-refractivity contribution is 7.99. The second-order valence-electron chi connectivity index (χ2n) is 4.31. The smallest absolute Gasteiger partial charge is 0.119 e. The van der Waals surface area contributed by atoms with Crippen molar-refractivity contribution in [3.05, 3.63) is 29.3 Å². The molecular weight excluding hydrogens is 298 g/mol. The van der Waals surface area contributed by atoms with Gasteiger partial charge < -0.3 is 20.3 Å². The quantitative estimate of drug-likeness (QED) is 0.543. The fraction of sp³-hybridized carbons (Fsp3) is 0.571. The van der Waals surface area contributed by atoms with E-state index in [0.29, 0.717) is 17.3 Å². The summed E-state index contributed by atoms with van der Waals surface area (Å²) >= 11 is 7.57. The fourth-order valence-electron chi connectivity index (χ4n) is 1.46. The van der Waals surface area contributed by atoms with Crippen LogP contribution in [0.25, 0.3) is 0 Å². The van der Waals surface area contributed by atoms with Crippen molar-refractivity contribution in [1.82, 2.24) is 5.32 Å². The summed E-state index contributed by atoms with van der Waals surface area (Å²) in [7, 11) is 0. The Morgan fingerprint density at radius 3 is 2.70 bits per heavy atom. The molecule has 0 aliphatic heterocycles. The molecule has 20 heavy (non-hydrogen) atoms. The summed E-state index contributed by atoms with van der Waals surface area (Å²) in [5, 5.41) is 22.2. The minimum Gasteiger partial charge on any atom is -0.491 e. The van der Waals surface area contributed by atoms with Gasteiger partial charge in [0.2, 0.25) is 0 Å². The van der Waals surface area contributed by atoms with Crippen LogP contribution in [0.4, 0.5) is 0 Å². The lowest BCUT2D eigenvalue weighted by atomic mass is 10.3. The molecule has 1 aromatic carbocycles. The Balaban J connectivity index is 2.00. The van der Waals surface area contributed by atoms with Crippen LogP contribution in [0.15, 0.2) is 24.3 Å². The molecule has 0 bridgehead atoms. The van der Waals surface area contributed by atoms with Crippen LogP contribution >= 0.6 is 23.4 Å².